The number of halogens is 1. The summed E-state index contributed by atoms with van der Waals surface area (Å²) >= 11 is 3.51. The summed E-state index contributed by atoms with van der Waals surface area (Å²) in [6.45, 7) is 7.99. The maximum Gasteiger partial charge on any atom is 0.127 e. The first kappa shape index (κ1) is 12.2. The summed E-state index contributed by atoms with van der Waals surface area (Å²) < 4.78 is 12.7. The van der Waals surface area contributed by atoms with Gasteiger partial charge < -0.3 is 9.47 Å². The zero-order valence-corrected chi connectivity index (χ0v) is 12.1. The highest BCUT2D eigenvalue weighted by atomic mass is 79.9. The number of rotatable bonds is 2. The highest BCUT2D eigenvalue weighted by Gasteiger charge is 2.52. The first-order valence-corrected chi connectivity index (χ1v) is 7.20. The van der Waals surface area contributed by atoms with Crippen molar-refractivity contribution in [1.82, 2.24) is 0 Å². The summed E-state index contributed by atoms with van der Waals surface area (Å²) in [5.74, 6) is 0.958. The van der Waals surface area contributed by atoms with Gasteiger partial charge in [0.2, 0.25) is 0 Å². The molecule has 0 radical (unpaired) electrons. The minimum absolute atomic E-state index is 0.00377. The molecule has 1 fully saturated rings. The molecule has 0 saturated carbocycles. The molecule has 0 aliphatic carbocycles. The van der Waals surface area contributed by atoms with Crippen LogP contribution in [0.15, 0.2) is 29.3 Å². The highest BCUT2D eigenvalue weighted by Crippen LogP contribution is 2.52. The van der Waals surface area contributed by atoms with Gasteiger partial charge in [-0.1, -0.05) is 35.9 Å². The summed E-state index contributed by atoms with van der Waals surface area (Å²) in [5.41, 5.74) is 2.30. The van der Waals surface area contributed by atoms with Gasteiger partial charge in [-0.25, -0.2) is 0 Å². The Balaban J connectivity index is 2.04. The topological polar surface area (TPSA) is 18.5 Å². The molecule has 1 aromatic rings. The number of benzene rings is 1. The molecule has 0 aromatic heterocycles. The fraction of sp³-hybridized carbons (Fsp3) is 0.467. The predicted molar refractivity (Wildman–Crippen MR) is 75.8 cm³/mol. The normalized spacial score (nSPS) is 24.3. The Morgan fingerprint density at radius 2 is 2.22 bits per heavy atom. The lowest BCUT2D eigenvalue weighted by molar-refractivity contribution is -0.133. The number of ether oxygens (including phenoxy) is 2. The molecule has 0 amide bonds. The van der Waals surface area contributed by atoms with Crippen molar-refractivity contribution in [1.29, 1.82) is 0 Å². The lowest BCUT2D eigenvalue weighted by Gasteiger charge is -2.51. The van der Waals surface area contributed by atoms with Crippen molar-refractivity contribution in [2.45, 2.75) is 25.9 Å². The Labute approximate surface area is 116 Å². The van der Waals surface area contributed by atoms with Gasteiger partial charge in [-0.05, 0) is 30.2 Å². The Hall–Kier alpha value is -0.800. The van der Waals surface area contributed by atoms with Crippen LogP contribution in [-0.2, 0) is 4.74 Å². The molecule has 96 valence electrons. The van der Waals surface area contributed by atoms with Crippen LogP contribution < -0.4 is 4.74 Å². The summed E-state index contributed by atoms with van der Waals surface area (Å²) in [4.78, 5) is 0. The Morgan fingerprint density at radius 3 is 2.83 bits per heavy atom. The SMILES string of the molecule is C=C1c2cc(Br)ccc2OC(CCC)C12COC2. The molecule has 2 heterocycles. The molecule has 1 aromatic carbocycles. The monoisotopic (exact) mass is 308 g/mol. The summed E-state index contributed by atoms with van der Waals surface area (Å²) in [6, 6.07) is 6.14. The van der Waals surface area contributed by atoms with E-state index in [0.717, 1.165) is 41.8 Å². The molecule has 2 aliphatic rings. The van der Waals surface area contributed by atoms with E-state index in [0.29, 0.717) is 0 Å². The number of fused-ring (bicyclic) bond motifs is 1. The molecule has 1 spiro atoms. The second-order valence-electron chi connectivity index (χ2n) is 5.16. The maximum atomic E-state index is 6.19. The van der Waals surface area contributed by atoms with Crippen LogP contribution in [0, 0.1) is 5.41 Å². The molecule has 1 saturated heterocycles. The van der Waals surface area contributed by atoms with Crippen LogP contribution in [0.1, 0.15) is 25.3 Å². The predicted octanol–water partition coefficient (Wildman–Crippen LogP) is 4.04. The van der Waals surface area contributed by atoms with E-state index < -0.39 is 0 Å². The van der Waals surface area contributed by atoms with Gasteiger partial charge in [-0.15, -0.1) is 0 Å². The third-order valence-corrected chi connectivity index (χ3v) is 4.52. The Bertz CT molecular complexity index is 491. The van der Waals surface area contributed by atoms with Crippen LogP contribution in [0.25, 0.3) is 5.57 Å². The van der Waals surface area contributed by atoms with Gasteiger partial charge in [0.1, 0.15) is 11.9 Å². The smallest absolute Gasteiger partial charge is 0.127 e. The first-order valence-electron chi connectivity index (χ1n) is 6.41. The maximum absolute atomic E-state index is 6.19. The average molecular weight is 309 g/mol. The lowest BCUT2D eigenvalue weighted by atomic mass is 9.68. The standard InChI is InChI=1S/C15H17BrO2/c1-3-4-14-15(8-17-9-15)10(2)12-7-11(16)5-6-13(12)18-14/h5-7,14H,2-4,8-9H2,1H3. The molecule has 0 bridgehead atoms. The lowest BCUT2D eigenvalue weighted by Crippen LogP contribution is -2.55. The summed E-state index contributed by atoms with van der Waals surface area (Å²) in [6.07, 6.45) is 2.38. The van der Waals surface area contributed by atoms with Crippen molar-refractivity contribution >= 4 is 21.5 Å². The zero-order valence-electron chi connectivity index (χ0n) is 10.5. The number of hydrogen-bond donors (Lipinski definition) is 0. The second-order valence-corrected chi connectivity index (χ2v) is 6.08. The van der Waals surface area contributed by atoms with E-state index in [1.54, 1.807) is 0 Å². The fourth-order valence-electron chi connectivity index (χ4n) is 2.85. The minimum Gasteiger partial charge on any atom is -0.489 e. The van der Waals surface area contributed by atoms with E-state index in [2.05, 4.69) is 35.5 Å². The van der Waals surface area contributed by atoms with E-state index in [1.165, 1.54) is 5.57 Å². The molecule has 18 heavy (non-hydrogen) atoms. The van der Waals surface area contributed by atoms with E-state index in [-0.39, 0.29) is 11.5 Å². The van der Waals surface area contributed by atoms with Gasteiger partial charge in [-0.2, -0.15) is 0 Å². The second kappa shape index (κ2) is 4.39. The van der Waals surface area contributed by atoms with E-state index >= 15 is 0 Å². The van der Waals surface area contributed by atoms with Gasteiger partial charge in [0.15, 0.2) is 0 Å². The van der Waals surface area contributed by atoms with Crippen LogP contribution in [0.4, 0.5) is 0 Å². The van der Waals surface area contributed by atoms with Crippen molar-refractivity contribution in [3.63, 3.8) is 0 Å². The van der Waals surface area contributed by atoms with Crippen molar-refractivity contribution in [2.24, 2.45) is 5.41 Å². The van der Waals surface area contributed by atoms with Crippen LogP contribution >= 0.6 is 15.9 Å². The molecular formula is C15H17BrO2. The van der Waals surface area contributed by atoms with Crippen molar-refractivity contribution in [2.75, 3.05) is 13.2 Å². The van der Waals surface area contributed by atoms with Gasteiger partial charge >= 0.3 is 0 Å². The van der Waals surface area contributed by atoms with Crippen molar-refractivity contribution < 1.29 is 9.47 Å². The highest BCUT2D eigenvalue weighted by molar-refractivity contribution is 9.10. The van der Waals surface area contributed by atoms with Crippen LogP contribution in [0.2, 0.25) is 0 Å². The fourth-order valence-corrected chi connectivity index (χ4v) is 3.21. The quantitative estimate of drug-likeness (QED) is 0.821. The van der Waals surface area contributed by atoms with E-state index in [9.17, 15) is 0 Å². The largest absolute Gasteiger partial charge is 0.489 e. The van der Waals surface area contributed by atoms with Gasteiger partial charge in [-0.3, -0.25) is 0 Å². The van der Waals surface area contributed by atoms with Gasteiger partial charge in [0, 0.05) is 10.0 Å². The van der Waals surface area contributed by atoms with E-state index in [1.807, 2.05) is 12.1 Å². The molecular weight excluding hydrogens is 292 g/mol. The molecule has 2 aliphatic heterocycles. The molecule has 2 nitrogen and oxygen atoms in total. The van der Waals surface area contributed by atoms with Crippen LogP contribution in [0.5, 0.6) is 5.75 Å². The van der Waals surface area contributed by atoms with Crippen LogP contribution in [0.3, 0.4) is 0 Å². The van der Waals surface area contributed by atoms with Crippen molar-refractivity contribution in [3.8, 4) is 5.75 Å². The molecule has 1 atom stereocenters. The summed E-state index contributed by atoms with van der Waals surface area (Å²) in [5, 5.41) is 0. The summed E-state index contributed by atoms with van der Waals surface area (Å²) in [7, 11) is 0. The minimum atomic E-state index is 0.00377. The Morgan fingerprint density at radius 1 is 1.44 bits per heavy atom. The number of hydrogen-bond acceptors (Lipinski definition) is 2. The average Bonchev–Trinajstić information content (AvgIpc) is 2.29. The Kier molecular flexibility index (Phi) is 2.99. The van der Waals surface area contributed by atoms with E-state index in [4.69, 9.17) is 9.47 Å². The molecule has 1 unspecified atom stereocenters. The molecule has 0 N–H and O–H groups in total. The first-order chi connectivity index (χ1) is 8.67. The zero-order chi connectivity index (χ0) is 12.8. The van der Waals surface area contributed by atoms with Crippen LogP contribution in [-0.4, -0.2) is 19.3 Å². The van der Waals surface area contributed by atoms with Gasteiger partial charge in [0.25, 0.3) is 0 Å². The molecule has 3 heteroatoms. The third-order valence-electron chi connectivity index (χ3n) is 4.02. The third kappa shape index (κ3) is 1.64. The van der Waals surface area contributed by atoms with Gasteiger partial charge in [0.05, 0.1) is 18.6 Å². The molecule has 3 rings (SSSR count). The van der Waals surface area contributed by atoms with Crippen molar-refractivity contribution in [3.05, 3.63) is 34.8 Å².